The number of pyridine rings is 1. The number of hydrogen-bond acceptors (Lipinski definition) is 4. The van der Waals surface area contributed by atoms with Crippen LogP contribution in [0.2, 0.25) is 0 Å². The highest BCUT2D eigenvalue weighted by molar-refractivity contribution is 14.0. The van der Waals surface area contributed by atoms with Crippen LogP contribution in [-0.2, 0) is 13.1 Å². The molecular weight excluding hydrogens is 469 g/mol. The number of fused-ring (bicyclic) bond motifs is 1. The molecule has 0 atom stereocenters. The fourth-order valence-electron chi connectivity index (χ4n) is 2.63. The van der Waals surface area contributed by atoms with Crippen molar-refractivity contribution in [1.29, 1.82) is 0 Å². The van der Waals surface area contributed by atoms with Crippen LogP contribution < -0.4 is 10.6 Å². The molecule has 144 valence electrons. The highest BCUT2D eigenvalue weighted by Crippen LogP contribution is 2.18. The third kappa shape index (κ3) is 5.87. The van der Waals surface area contributed by atoms with Crippen molar-refractivity contribution in [1.82, 2.24) is 20.6 Å². The van der Waals surface area contributed by atoms with Gasteiger partial charge in [0.25, 0.3) is 0 Å². The molecule has 2 N–H and O–H groups in total. The third-order valence-electron chi connectivity index (χ3n) is 4.06. The van der Waals surface area contributed by atoms with Gasteiger partial charge in [0.05, 0.1) is 24.3 Å². The van der Waals surface area contributed by atoms with Crippen LogP contribution >= 0.6 is 35.3 Å². The summed E-state index contributed by atoms with van der Waals surface area (Å²) in [5, 5.41) is 11.0. The first-order valence-corrected chi connectivity index (χ1v) is 9.84. The van der Waals surface area contributed by atoms with Gasteiger partial charge in [-0.15, -0.1) is 35.3 Å². The molecule has 0 amide bonds. The van der Waals surface area contributed by atoms with Gasteiger partial charge in [-0.05, 0) is 30.5 Å². The second kappa shape index (κ2) is 10.6. The number of aromatic nitrogens is 2. The molecule has 0 fully saturated rings. The maximum absolute atomic E-state index is 4.73. The Morgan fingerprint density at radius 3 is 2.74 bits per heavy atom. The van der Waals surface area contributed by atoms with E-state index < -0.39 is 0 Å². The lowest BCUT2D eigenvalue weighted by atomic mass is 10.1. The van der Waals surface area contributed by atoms with E-state index in [9.17, 15) is 0 Å². The molecule has 3 aromatic rings. The van der Waals surface area contributed by atoms with Crippen LogP contribution in [0.3, 0.4) is 0 Å². The van der Waals surface area contributed by atoms with E-state index in [1.807, 2.05) is 30.5 Å². The first-order chi connectivity index (χ1) is 12.7. The largest absolute Gasteiger partial charge is 0.357 e. The van der Waals surface area contributed by atoms with Crippen molar-refractivity contribution in [3.8, 4) is 0 Å². The highest BCUT2D eigenvalue weighted by Gasteiger charge is 2.07. The van der Waals surface area contributed by atoms with Gasteiger partial charge in [0.1, 0.15) is 5.01 Å². The molecule has 7 heteroatoms. The highest BCUT2D eigenvalue weighted by atomic mass is 127. The number of halogens is 1. The van der Waals surface area contributed by atoms with Gasteiger partial charge in [0, 0.05) is 23.5 Å². The molecule has 5 nitrogen and oxygen atoms in total. The van der Waals surface area contributed by atoms with Gasteiger partial charge in [0.2, 0.25) is 0 Å². The minimum atomic E-state index is 0. The van der Waals surface area contributed by atoms with Crippen molar-refractivity contribution < 1.29 is 0 Å². The molecule has 1 aromatic carbocycles. The standard InChI is InChI=1S/C20H25N5S.HI/c1-4-21-20(24-12-19-25-18(13-26-19)14(2)3)23-11-15-9-10-22-17-8-6-5-7-16(15)17;/h5-10,13-14H,4,11-12H2,1-3H3,(H2,21,23,24);1H. The molecule has 0 aliphatic heterocycles. The molecule has 2 heterocycles. The minimum absolute atomic E-state index is 0. The second-order valence-electron chi connectivity index (χ2n) is 6.36. The van der Waals surface area contributed by atoms with Gasteiger partial charge in [0.15, 0.2) is 5.96 Å². The fraction of sp³-hybridized carbons (Fsp3) is 0.350. The van der Waals surface area contributed by atoms with Crippen molar-refractivity contribution in [2.24, 2.45) is 4.99 Å². The first-order valence-electron chi connectivity index (χ1n) is 8.96. The molecule has 0 unspecified atom stereocenters. The normalized spacial score (nSPS) is 11.5. The summed E-state index contributed by atoms with van der Waals surface area (Å²) in [5.41, 5.74) is 3.32. The van der Waals surface area contributed by atoms with Gasteiger partial charge < -0.3 is 10.6 Å². The Balaban J connectivity index is 0.00000261. The van der Waals surface area contributed by atoms with Crippen LogP contribution in [-0.4, -0.2) is 22.5 Å². The van der Waals surface area contributed by atoms with Gasteiger partial charge in [-0.2, -0.15) is 0 Å². The molecule has 0 spiro atoms. The van der Waals surface area contributed by atoms with Crippen LogP contribution in [0.1, 0.15) is 43.0 Å². The number of nitrogens with zero attached hydrogens (tertiary/aromatic N) is 3. The van der Waals surface area contributed by atoms with E-state index in [2.05, 4.69) is 52.8 Å². The van der Waals surface area contributed by atoms with Crippen molar-refractivity contribution in [2.75, 3.05) is 6.54 Å². The summed E-state index contributed by atoms with van der Waals surface area (Å²) in [4.78, 5) is 13.8. The van der Waals surface area contributed by atoms with Crippen molar-refractivity contribution in [3.05, 3.63) is 58.2 Å². The molecule has 0 aliphatic rings. The number of rotatable bonds is 6. The van der Waals surface area contributed by atoms with Crippen LogP contribution in [0.25, 0.3) is 10.9 Å². The first kappa shape index (κ1) is 21.6. The average molecular weight is 495 g/mol. The Kier molecular flexibility index (Phi) is 8.43. The molecular formula is C20H26IN5S. The van der Waals surface area contributed by atoms with Crippen molar-refractivity contribution in [3.63, 3.8) is 0 Å². The van der Waals surface area contributed by atoms with Gasteiger partial charge in [-0.1, -0.05) is 32.0 Å². The Bertz CT molecular complexity index is 885. The van der Waals surface area contributed by atoms with Crippen LogP contribution in [0, 0.1) is 0 Å². The number of benzene rings is 1. The zero-order chi connectivity index (χ0) is 18.4. The maximum atomic E-state index is 4.73. The number of aliphatic imine (C=N–C) groups is 1. The second-order valence-corrected chi connectivity index (χ2v) is 7.30. The van der Waals surface area contributed by atoms with Crippen LogP contribution in [0.4, 0.5) is 0 Å². The zero-order valence-corrected chi connectivity index (χ0v) is 19.0. The molecule has 0 radical (unpaired) electrons. The Morgan fingerprint density at radius 2 is 2.00 bits per heavy atom. The van der Waals surface area contributed by atoms with Gasteiger partial charge in [-0.25, -0.2) is 9.98 Å². The number of nitrogens with one attached hydrogen (secondary N) is 2. The molecule has 0 saturated carbocycles. The Morgan fingerprint density at radius 1 is 1.19 bits per heavy atom. The number of guanidine groups is 1. The monoisotopic (exact) mass is 495 g/mol. The van der Waals surface area contributed by atoms with E-state index >= 15 is 0 Å². The summed E-state index contributed by atoms with van der Waals surface area (Å²) in [6, 6.07) is 10.2. The number of hydrogen-bond donors (Lipinski definition) is 2. The SMILES string of the molecule is CCNC(=NCc1ccnc2ccccc12)NCc1nc(C(C)C)cs1.I. The van der Waals surface area contributed by atoms with E-state index in [4.69, 9.17) is 4.99 Å². The van der Waals surface area contributed by atoms with Gasteiger partial charge >= 0.3 is 0 Å². The molecule has 27 heavy (non-hydrogen) atoms. The zero-order valence-electron chi connectivity index (χ0n) is 15.9. The quantitative estimate of drug-likeness (QED) is 0.296. The average Bonchev–Trinajstić information content (AvgIpc) is 3.13. The lowest BCUT2D eigenvalue weighted by Gasteiger charge is -2.11. The number of para-hydroxylation sites is 1. The summed E-state index contributed by atoms with van der Waals surface area (Å²) in [7, 11) is 0. The van der Waals surface area contributed by atoms with Crippen LogP contribution in [0.5, 0.6) is 0 Å². The predicted molar refractivity (Wildman–Crippen MR) is 125 cm³/mol. The maximum Gasteiger partial charge on any atom is 0.191 e. The Labute approximate surface area is 181 Å². The van der Waals surface area contributed by atoms with E-state index in [1.165, 1.54) is 5.56 Å². The van der Waals surface area contributed by atoms with Crippen molar-refractivity contribution >= 4 is 52.2 Å². The number of thiazole rings is 1. The third-order valence-corrected chi connectivity index (χ3v) is 4.93. The minimum Gasteiger partial charge on any atom is -0.357 e. The summed E-state index contributed by atoms with van der Waals surface area (Å²) < 4.78 is 0. The molecule has 0 bridgehead atoms. The molecule has 0 saturated heterocycles. The fourth-order valence-corrected chi connectivity index (χ4v) is 3.53. The molecule has 3 rings (SSSR count). The summed E-state index contributed by atoms with van der Waals surface area (Å²) in [5.74, 6) is 1.26. The summed E-state index contributed by atoms with van der Waals surface area (Å²) in [6.07, 6.45) is 1.84. The topological polar surface area (TPSA) is 62.2 Å². The lowest BCUT2D eigenvalue weighted by Crippen LogP contribution is -2.36. The molecule has 2 aromatic heterocycles. The lowest BCUT2D eigenvalue weighted by molar-refractivity contribution is 0.788. The van der Waals surface area contributed by atoms with Crippen LogP contribution in [0.15, 0.2) is 46.9 Å². The smallest absolute Gasteiger partial charge is 0.191 e. The predicted octanol–water partition coefficient (Wildman–Crippen LogP) is 4.69. The van der Waals surface area contributed by atoms with E-state index in [-0.39, 0.29) is 24.0 Å². The van der Waals surface area contributed by atoms with Crippen molar-refractivity contribution in [2.45, 2.75) is 39.8 Å². The summed E-state index contributed by atoms with van der Waals surface area (Å²) >= 11 is 1.69. The van der Waals surface area contributed by atoms with E-state index in [1.54, 1.807) is 11.3 Å². The Hall–Kier alpha value is -1.74. The summed E-state index contributed by atoms with van der Waals surface area (Å²) in [6.45, 7) is 8.50. The molecule has 0 aliphatic carbocycles. The van der Waals surface area contributed by atoms with E-state index in [0.717, 1.165) is 34.1 Å². The van der Waals surface area contributed by atoms with Gasteiger partial charge in [-0.3, -0.25) is 4.98 Å². The van der Waals surface area contributed by atoms with E-state index in [0.29, 0.717) is 19.0 Å².